The van der Waals surface area contributed by atoms with Crippen molar-refractivity contribution in [2.45, 2.75) is 39.0 Å². The zero-order valence-electron chi connectivity index (χ0n) is 11.5. The van der Waals surface area contributed by atoms with E-state index in [1.807, 2.05) is 0 Å². The van der Waals surface area contributed by atoms with E-state index in [-0.39, 0.29) is 11.6 Å². The van der Waals surface area contributed by atoms with Crippen LogP contribution in [-0.4, -0.2) is 10.7 Å². The van der Waals surface area contributed by atoms with E-state index >= 15 is 0 Å². The van der Waals surface area contributed by atoms with E-state index in [0.29, 0.717) is 24.5 Å². The van der Waals surface area contributed by atoms with E-state index in [4.69, 9.17) is 0 Å². The summed E-state index contributed by atoms with van der Waals surface area (Å²) in [5.74, 6) is 1.03. The summed E-state index contributed by atoms with van der Waals surface area (Å²) in [5, 5.41) is 10.7. The number of halogens is 1. The Morgan fingerprint density at radius 1 is 1.45 bits per heavy atom. The molecule has 0 radical (unpaired) electrons. The van der Waals surface area contributed by atoms with E-state index < -0.39 is 4.92 Å². The van der Waals surface area contributed by atoms with Crippen LogP contribution in [0.5, 0.6) is 0 Å². The number of rotatable bonds is 4. The smallest absolute Gasteiger partial charge is 0.270 e. The maximum absolute atomic E-state index is 12.0. The molecule has 1 aliphatic carbocycles. The largest absolute Gasteiger partial charge is 0.299 e. The number of nitrogens with zero attached hydrogens (tertiary/aromatic N) is 1. The van der Waals surface area contributed by atoms with Crippen LogP contribution in [0.2, 0.25) is 0 Å². The van der Waals surface area contributed by atoms with Gasteiger partial charge in [-0.3, -0.25) is 14.9 Å². The fourth-order valence-corrected chi connectivity index (χ4v) is 3.38. The normalized spacial score (nSPS) is 22.8. The van der Waals surface area contributed by atoms with Gasteiger partial charge in [0.25, 0.3) is 5.69 Å². The number of carbonyl (C=O) groups excluding carboxylic acids is 1. The third-order valence-corrected chi connectivity index (χ3v) is 4.90. The van der Waals surface area contributed by atoms with Gasteiger partial charge in [-0.2, -0.15) is 0 Å². The van der Waals surface area contributed by atoms with Gasteiger partial charge in [0.2, 0.25) is 0 Å². The van der Waals surface area contributed by atoms with Crippen LogP contribution >= 0.6 is 15.9 Å². The molecule has 2 rings (SSSR count). The highest BCUT2D eigenvalue weighted by Crippen LogP contribution is 2.33. The number of nitro groups is 1. The van der Waals surface area contributed by atoms with Crippen molar-refractivity contribution in [3.63, 3.8) is 0 Å². The van der Waals surface area contributed by atoms with Gasteiger partial charge >= 0.3 is 0 Å². The van der Waals surface area contributed by atoms with Crippen molar-refractivity contribution in [1.29, 1.82) is 0 Å². The molecule has 1 fully saturated rings. The molecule has 2 unspecified atom stereocenters. The van der Waals surface area contributed by atoms with Gasteiger partial charge in [0.05, 0.1) is 4.92 Å². The van der Waals surface area contributed by atoms with Crippen LogP contribution < -0.4 is 0 Å². The number of carbonyl (C=O) groups is 1. The van der Waals surface area contributed by atoms with Gasteiger partial charge in [-0.1, -0.05) is 35.3 Å². The summed E-state index contributed by atoms with van der Waals surface area (Å²) in [6.45, 7) is 2.17. The minimum Gasteiger partial charge on any atom is -0.299 e. The lowest BCUT2D eigenvalue weighted by Gasteiger charge is -2.27. The summed E-state index contributed by atoms with van der Waals surface area (Å²) in [4.78, 5) is 22.3. The van der Waals surface area contributed by atoms with Crippen LogP contribution in [0.25, 0.3) is 0 Å². The second-order valence-electron chi connectivity index (χ2n) is 5.45. The van der Waals surface area contributed by atoms with Crippen LogP contribution in [-0.2, 0) is 11.2 Å². The van der Waals surface area contributed by atoms with Gasteiger partial charge in [0.15, 0.2) is 0 Å². The van der Waals surface area contributed by atoms with Crippen molar-refractivity contribution in [1.82, 2.24) is 0 Å². The highest BCUT2D eigenvalue weighted by Gasteiger charge is 2.28. The molecule has 1 aromatic rings. The lowest BCUT2D eigenvalue weighted by Crippen LogP contribution is -2.26. The average molecular weight is 340 g/mol. The van der Waals surface area contributed by atoms with E-state index in [1.165, 1.54) is 12.1 Å². The molecule has 2 atom stereocenters. The third kappa shape index (κ3) is 3.45. The summed E-state index contributed by atoms with van der Waals surface area (Å²) in [6, 6.07) is 4.77. The lowest BCUT2D eigenvalue weighted by molar-refractivity contribution is -0.384. The molecule has 0 aliphatic heterocycles. The van der Waals surface area contributed by atoms with E-state index in [2.05, 4.69) is 22.9 Å². The first-order chi connectivity index (χ1) is 9.51. The van der Waals surface area contributed by atoms with Crippen molar-refractivity contribution in [3.8, 4) is 0 Å². The first-order valence-electron chi connectivity index (χ1n) is 6.96. The first-order valence-corrected chi connectivity index (χ1v) is 7.76. The summed E-state index contributed by atoms with van der Waals surface area (Å²) < 4.78 is 0.720. The van der Waals surface area contributed by atoms with Crippen molar-refractivity contribution in [3.05, 3.63) is 38.3 Å². The average Bonchev–Trinajstić information content (AvgIpc) is 2.43. The van der Waals surface area contributed by atoms with Gasteiger partial charge in [0, 0.05) is 28.9 Å². The number of benzene rings is 1. The van der Waals surface area contributed by atoms with Gasteiger partial charge in [-0.15, -0.1) is 0 Å². The Labute approximate surface area is 126 Å². The number of hydrogen-bond donors (Lipinski definition) is 0. The highest BCUT2D eigenvalue weighted by atomic mass is 79.9. The number of ketones is 1. The quantitative estimate of drug-likeness (QED) is 0.607. The molecule has 0 heterocycles. The fraction of sp³-hybridized carbons (Fsp3) is 0.533. The van der Waals surface area contributed by atoms with Crippen LogP contribution in [0.3, 0.4) is 0 Å². The predicted octanol–water partition coefficient (Wildman–Crippen LogP) is 4.30. The molecule has 1 saturated carbocycles. The molecule has 0 bridgehead atoms. The molecule has 0 saturated heterocycles. The number of nitro benzene ring substituents is 1. The Morgan fingerprint density at radius 3 is 2.80 bits per heavy atom. The van der Waals surface area contributed by atoms with Crippen molar-refractivity contribution >= 4 is 27.4 Å². The van der Waals surface area contributed by atoms with Gasteiger partial charge < -0.3 is 0 Å². The lowest BCUT2D eigenvalue weighted by atomic mass is 9.77. The van der Waals surface area contributed by atoms with E-state index in [9.17, 15) is 14.9 Å². The molecule has 0 aromatic heterocycles. The molecule has 0 N–H and O–H groups in total. The third-order valence-electron chi connectivity index (χ3n) is 4.16. The second kappa shape index (κ2) is 6.48. The van der Waals surface area contributed by atoms with Crippen molar-refractivity contribution in [2.75, 3.05) is 0 Å². The number of non-ortho nitro benzene ring substituents is 1. The molecule has 0 amide bonds. The molecule has 0 spiro atoms. The highest BCUT2D eigenvalue weighted by molar-refractivity contribution is 9.10. The second-order valence-corrected chi connectivity index (χ2v) is 6.30. The molecule has 5 heteroatoms. The zero-order chi connectivity index (χ0) is 14.7. The molecule has 20 heavy (non-hydrogen) atoms. The van der Waals surface area contributed by atoms with E-state index in [1.54, 1.807) is 6.07 Å². The summed E-state index contributed by atoms with van der Waals surface area (Å²) in [7, 11) is 0. The SMILES string of the molecule is CCC1CCC(=O)C(Cc2ccc([N+](=O)[O-])cc2Br)C1. The molecule has 1 aromatic carbocycles. The summed E-state index contributed by atoms with van der Waals surface area (Å²) in [6.07, 6.45) is 4.42. The van der Waals surface area contributed by atoms with Crippen LogP contribution in [0.4, 0.5) is 5.69 Å². The minimum absolute atomic E-state index is 0.0615. The molecule has 108 valence electrons. The molecule has 1 aliphatic rings. The molecule has 4 nitrogen and oxygen atoms in total. The van der Waals surface area contributed by atoms with Gasteiger partial charge in [-0.05, 0) is 30.7 Å². The van der Waals surface area contributed by atoms with Crippen LogP contribution in [0.1, 0.15) is 38.2 Å². The Kier molecular flexibility index (Phi) is 4.91. The van der Waals surface area contributed by atoms with Crippen molar-refractivity contribution < 1.29 is 9.72 Å². The summed E-state index contributed by atoms with van der Waals surface area (Å²) in [5.41, 5.74) is 1.05. The van der Waals surface area contributed by atoms with E-state index in [0.717, 1.165) is 29.3 Å². The Hall–Kier alpha value is -1.23. The van der Waals surface area contributed by atoms with Crippen LogP contribution in [0, 0.1) is 22.0 Å². The summed E-state index contributed by atoms with van der Waals surface area (Å²) >= 11 is 3.38. The standard InChI is InChI=1S/C15H18BrNO3/c1-2-10-3-6-15(18)12(7-10)8-11-4-5-13(17(19)20)9-14(11)16/h4-5,9-10,12H,2-3,6-8H2,1H3. The zero-order valence-corrected chi connectivity index (χ0v) is 13.1. The fourth-order valence-electron chi connectivity index (χ4n) is 2.85. The van der Waals surface area contributed by atoms with Gasteiger partial charge in [0.1, 0.15) is 5.78 Å². The molecular formula is C15H18BrNO3. The van der Waals surface area contributed by atoms with Crippen molar-refractivity contribution in [2.24, 2.45) is 11.8 Å². The predicted molar refractivity (Wildman–Crippen MR) is 80.6 cm³/mol. The first kappa shape index (κ1) is 15.2. The Bertz CT molecular complexity index is 530. The monoisotopic (exact) mass is 339 g/mol. The Morgan fingerprint density at radius 2 is 2.20 bits per heavy atom. The maximum Gasteiger partial charge on any atom is 0.270 e. The number of hydrogen-bond acceptors (Lipinski definition) is 3. The maximum atomic E-state index is 12.0. The minimum atomic E-state index is -0.409. The number of Topliss-reactive ketones (excluding diaryl/α,β-unsaturated/α-hetero) is 1. The Balaban J connectivity index is 2.12. The molecular weight excluding hydrogens is 322 g/mol. The topological polar surface area (TPSA) is 60.2 Å². The van der Waals surface area contributed by atoms with Gasteiger partial charge in [-0.25, -0.2) is 0 Å². The van der Waals surface area contributed by atoms with Crippen LogP contribution in [0.15, 0.2) is 22.7 Å².